The van der Waals surface area contributed by atoms with Gasteiger partial charge in [-0.2, -0.15) is 0 Å². The monoisotopic (exact) mass is 384 g/mol. The number of ether oxygens (including phenoxy) is 3. The van der Waals surface area contributed by atoms with Crippen LogP contribution in [-0.4, -0.2) is 51.1 Å². The van der Waals surface area contributed by atoms with E-state index in [0.717, 1.165) is 0 Å². The average Bonchev–Trinajstić information content (AvgIpc) is 2.75. The fourth-order valence-electron chi connectivity index (χ4n) is 2.30. The Bertz CT molecular complexity index is 916. The Kier molecular flexibility index (Phi) is 7.15. The molecule has 0 aliphatic carbocycles. The van der Waals surface area contributed by atoms with Crippen LogP contribution in [0, 0.1) is 0 Å². The standard InChI is InChI=1S/C20H16O8/c1-26-18-5-4-14(9-17(18)12-23)20(25)28-7-6-27-19(24)13-2-3-15(10-21)16(8-13)11-22/h2-5,8-12H,6-7H2,1H3. The lowest BCUT2D eigenvalue weighted by Crippen LogP contribution is -2.14. The molecule has 2 aromatic carbocycles. The van der Waals surface area contributed by atoms with Crippen molar-refractivity contribution in [2.75, 3.05) is 20.3 Å². The van der Waals surface area contributed by atoms with Crippen molar-refractivity contribution in [3.63, 3.8) is 0 Å². The second kappa shape index (κ2) is 9.77. The second-order valence-corrected chi connectivity index (χ2v) is 5.43. The summed E-state index contributed by atoms with van der Waals surface area (Å²) in [6, 6.07) is 8.16. The Hall–Kier alpha value is -3.81. The van der Waals surface area contributed by atoms with E-state index in [-0.39, 0.29) is 41.0 Å². The van der Waals surface area contributed by atoms with Gasteiger partial charge in [0.05, 0.1) is 23.8 Å². The second-order valence-electron chi connectivity index (χ2n) is 5.43. The minimum Gasteiger partial charge on any atom is -0.496 e. The van der Waals surface area contributed by atoms with Gasteiger partial charge in [0.1, 0.15) is 19.0 Å². The van der Waals surface area contributed by atoms with Crippen molar-refractivity contribution < 1.29 is 38.2 Å². The average molecular weight is 384 g/mol. The maximum Gasteiger partial charge on any atom is 0.338 e. The minimum atomic E-state index is -0.732. The van der Waals surface area contributed by atoms with E-state index in [1.54, 1.807) is 0 Å². The highest BCUT2D eigenvalue weighted by molar-refractivity contribution is 5.96. The van der Waals surface area contributed by atoms with Crippen LogP contribution in [0.5, 0.6) is 5.75 Å². The lowest BCUT2D eigenvalue weighted by atomic mass is 10.1. The molecule has 0 saturated carbocycles. The normalized spacial score (nSPS) is 9.89. The van der Waals surface area contributed by atoms with E-state index < -0.39 is 11.9 Å². The topological polar surface area (TPSA) is 113 Å². The Balaban J connectivity index is 1.89. The van der Waals surface area contributed by atoms with Crippen LogP contribution in [0.15, 0.2) is 36.4 Å². The molecule has 8 heteroatoms. The maximum atomic E-state index is 12.0. The highest BCUT2D eigenvalue weighted by atomic mass is 16.6. The molecule has 144 valence electrons. The molecule has 2 rings (SSSR count). The van der Waals surface area contributed by atoms with Crippen molar-refractivity contribution >= 4 is 30.8 Å². The number of carbonyl (C=O) groups is 5. The molecule has 0 bridgehead atoms. The van der Waals surface area contributed by atoms with Crippen LogP contribution in [-0.2, 0) is 9.47 Å². The number of hydrogen-bond acceptors (Lipinski definition) is 8. The zero-order valence-electron chi connectivity index (χ0n) is 14.9. The van der Waals surface area contributed by atoms with Gasteiger partial charge in [-0.05, 0) is 30.3 Å². The first kappa shape index (κ1) is 20.5. The number of hydrogen-bond donors (Lipinski definition) is 0. The third-order valence-corrected chi connectivity index (χ3v) is 3.72. The highest BCUT2D eigenvalue weighted by Crippen LogP contribution is 2.18. The molecule has 0 amide bonds. The summed E-state index contributed by atoms with van der Waals surface area (Å²) < 4.78 is 15.0. The van der Waals surface area contributed by atoms with Crippen molar-refractivity contribution in [3.05, 3.63) is 64.2 Å². The summed E-state index contributed by atoms with van der Waals surface area (Å²) in [4.78, 5) is 56.6. The summed E-state index contributed by atoms with van der Waals surface area (Å²) in [5.74, 6) is -1.10. The lowest BCUT2D eigenvalue weighted by Gasteiger charge is -2.08. The molecule has 28 heavy (non-hydrogen) atoms. The fraction of sp³-hybridized carbons (Fsp3) is 0.150. The van der Waals surface area contributed by atoms with Crippen LogP contribution in [0.25, 0.3) is 0 Å². The van der Waals surface area contributed by atoms with E-state index in [0.29, 0.717) is 24.6 Å². The molecule has 0 aliphatic rings. The van der Waals surface area contributed by atoms with Gasteiger partial charge in [-0.3, -0.25) is 14.4 Å². The van der Waals surface area contributed by atoms with E-state index in [1.807, 2.05) is 0 Å². The van der Waals surface area contributed by atoms with Gasteiger partial charge in [-0.15, -0.1) is 0 Å². The summed E-state index contributed by atoms with van der Waals surface area (Å²) in [6.45, 7) is -0.424. The van der Waals surface area contributed by atoms with Crippen LogP contribution in [0.2, 0.25) is 0 Å². The largest absolute Gasteiger partial charge is 0.496 e. The SMILES string of the molecule is COc1ccc(C(=O)OCCOC(=O)c2ccc(C=O)c(C=O)c2)cc1C=O. The molecule has 0 spiro atoms. The van der Waals surface area contributed by atoms with Crippen LogP contribution in [0.3, 0.4) is 0 Å². The fourth-order valence-corrected chi connectivity index (χ4v) is 2.30. The molecule has 0 atom stereocenters. The van der Waals surface area contributed by atoms with Gasteiger partial charge in [0.25, 0.3) is 0 Å². The molecule has 0 saturated heterocycles. The van der Waals surface area contributed by atoms with E-state index in [9.17, 15) is 24.0 Å². The van der Waals surface area contributed by atoms with Crippen LogP contribution in [0.1, 0.15) is 51.8 Å². The Morgan fingerprint density at radius 3 is 1.75 bits per heavy atom. The number of methoxy groups -OCH3 is 1. The van der Waals surface area contributed by atoms with Crippen LogP contribution >= 0.6 is 0 Å². The first-order chi connectivity index (χ1) is 13.5. The molecule has 0 heterocycles. The molecule has 0 radical (unpaired) electrons. The Labute approximate surface area is 160 Å². The van der Waals surface area contributed by atoms with E-state index in [2.05, 4.69) is 0 Å². The molecule has 0 fully saturated rings. The number of carbonyl (C=O) groups excluding carboxylic acids is 5. The predicted octanol–water partition coefficient (Wildman–Crippen LogP) is 2.15. The van der Waals surface area contributed by atoms with Crippen molar-refractivity contribution in [1.82, 2.24) is 0 Å². The molecule has 0 aromatic heterocycles. The zero-order valence-corrected chi connectivity index (χ0v) is 14.9. The molecule has 0 aliphatic heterocycles. The first-order valence-corrected chi connectivity index (χ1v) is 8.06. The molecule has 0 N–H and O–H groups in total. The Morgan fingerprint density at radius 1 is 0.750 bits per heavy atom. The summed E-state index contributed by atoms with van der Waals surface area (Å²) in [5.41, 5.74) is 0.670. The van der Waals surface area contributed by atoms with Crippen LogP contribution in [0.4, 0.5) is 0 Å². The summed E-state index contributed by atoms with van der Waals surface area (Å²) >= 11 is 0. The Morgan fingerprint density at radius 2 is 1.25 bits per heavy atom. The highest BCUT2D eigenvalue weighted by Gasteiger charge is 2.13. The van der Waals surface area contributed by atoms with Gasteiger partial charge >= 0.3 is 11.9 Å². The predicted molar refractivity (Wildman–Crippen MR) is 96.2 cm³/mol. The number of rotatable bonds is 9. The lowest BCUT2D eigenvalue weighted by molar-refractivity contribution is 0.0265. The van der Waals surface area contributed by atoms with Gasteiger partial charge in [-0.1, -0.05) is 6.07 Å². The van der Waals surface area contributed by atoms with Gasteiger partial charge < -0.3 is 14.2 Å². The first-order valence-electron chi connectivity index (χ1n) is 8.06. The minimum absolute atomic E-state index is 0.0707. The maximum absolute atomic E-state index is 12.0. The molecule has 8 nitrogen and oxygen atoms in total. The van der Waals surface area contributed by atoms with Crippen molar-refractivity contribution in [1.29, 1.82) is 0 Å². The number of benzene rings is 2. The summed E-state index contributed by atoms with van der Waals surface area (Å²) in [5, 5.41) is 0. The molecule has 2 aromatic rings. The molecule has 0 unspecified atom stereocenters. The van der Waals surface area contributed by atoms with Crippen LogP contribution < -0.4 is 4.74 Å². The smallest absolute Gasteiger partial charge is 0.338 e. The van der Waals surface area contributed by atoms with Gasteiger partial charge in [-0.25, -0.2) is 9.59 Å². The number of esters is 2. The third kappa shape index (κ3) is 4.88. The third-order valence-electron chi connectivity index (χ3n) is 3.72. The van der Waals surface area contributed by atoms with Crippen molar-refractivity contribution in [2.45, 2.75) is 0 Å². The van der Waals surface area contributed by atoms with Gasteiger partial charge in [0, 0.05) is 11.1 Å². The molecular formula is C20H16O8. The summed E-state index contributed by atoms with van der Waals surface area (Å²) in [6.07, 6.45) is 1.53. The quantitative estimate of drug-likeness (QED) is 0.367. The van der Waals surface area contributed by atoms with E-state index in [4.69, 9.17) is 14.2 Å². The van der Waals surface area contributed by atoms with Gasteiger partial charge in [0.15, 0.2) is 18.9 Å². The molecular weight excluding hydrogens is 368 g/mol. The zero-order chi connectivity index (χ0) is 20.5. The van der Waals surface area contributed by atoms with E-state index in [1.165, 1.54) is 43.5 Å². The van der Waals surface area contributed by atoms with Crippen molar-refractivity contribution in [3.8, 4) is 5.75 Å². The summed E-state index contributed by atoms with van der Waals surface area (Å²) in [7, 11) is 1.40. The van der Waals surface area contributed by atoms with E-state index >= 15 is 0 Å². The van der Waals surface area contributed by atoms with Gasteiger partial charge in [0.2, 0.25) is 0 Å². The van der Waals surface area contributed by atoms with Crippen molar-refractivity contribution in [2.24, 2.45) is 0 Å². The number of aldehydes is 3.